The van der Waals surface area contributed by atoms with Gasteiger partial charge in [-0.3, -0.25) is 14.8 Å². The lowest BCUT2D eigenvalue weighted by Gasteiger charge is -2.11. The summed E-state index contributed by atoms with van der Waals surface area (Å²) in [5, 5.41) is 5.13. The zero-order chi connectivity index (χ0) is 17.9. The first-order valence-electron chi connectivity index (χ1n) is 8.08. The lowest BCUT2D eigenvalue weighted by atomic mass is 10.0. The molecule has 0 atom stereocenters. The number of nitrogens with one attached hydrogen (secondary N) is 1. The van der Waals surface area contributed by atoms with E-state index in [-0.39, 0.29) is 5.91 Å². The number of fused-ring (bicyclic) bond motifs is 1. The van der Waals surface area contributed by atoms with Gasteiger partial charge in [0, 0.05) is 32.6 Å². The van der Waals surface area contributed by atoms with Crippen molar-refractivity contribution in [3.8, 4) is 11.3 Å². The molecule has 0 bridgehead atoms. The van der Waals surface area contributed by atoms with Crippen LogP contribution in [0.15, 0.2) is 79.1 Å². The largest absolute Gasteiger partial charge is 0.321 e. The van der Waals surface area contributed by atoms with Crippen molar-refractivity contribution in [2.24, 2.45) is 0 Å². The first-order chi connectivity index (χ1) is 12.7. The van der Waals surface area contributed by atoms with Gasteiger partial charge < -0.3 is 5.32 Å². The van der Waals surface area contributed by atoms with E-state index in [0.29, 0.717) is 11.4 Å². The summed E-state index contributed by atoms with van der Waals surface area (Å²) in [6, 6.07) is 21.2. The van der Waals surface area contributed by atoms with Gasteiger partial charge in [-0.1, -0.05) is 30.3 Å². The Hall–Kier alpha value is -2.80. The molecular formula is C21H14IN3O. The molecule has 4 rings (SSSR count). The highest BCUT2D eigenvalue weighted by Gasteiger charge is 2.12. The number of pyridine rings is 2. The summed E-state index contributed by atoms with van der Waals surface area (Å²) in [7, 11) is 0. The first-order valence-corrected chi connectivity index (χ1v) is 9.16. The minimum Gasteiger partial charge on any atom is -0.321 e. The van der Waals surface area contributed by atoms with E-state index in [9.17, 15) is 4.79 Å². The Kier molecular flexibility index (Phi) is 4.62. The Bertz CT molecular complexity index is 1090. The molecular weight excluding hydrogens is 437 g/mol. The van der Waals surface area contributed by atoms with Crippen LogP contribution in [-0.2, 0) is 0 Å². The van der Waals surface area contributed by atoms with Crippen molar-refractivity contribution in [2.75, 3.05) is 5.32 Å². The standard InChI is InChI=1S/C21H14IN3O/c22-18-9-8-15(25-21(26)19-7-3-4-11-23-19)13-17(18)20-16-6-2-1-5-14(16)10-12-24-20/h1-13H,(H,25,26). The number of amides is 1. The van der Waals surface area contributed by atoms with Gasteiger partial charge in [-0.05, 0) is 64.4 Å². The van der Waals surface area contributed by atoms with E-state index in [4.69, 9.17) is 0 Å². The maximum atomic E-state index is 12.4. The Labute approximate surface area is 164 Å². The Balaban J connectivity index is 1.74. The van der Waals surface area contributed by atoms with Crippen LogP contribution in [0, 0.1) is 3.57 Å². The lowest BCUT2D eigenvalue weighted by molar-refractivity contribution is 0.102. The molecule has 0 saturated heterocycles. The SMILES string of the molecule is O=C(Nc1ccc(I)c(-c2nccc3ccccc23)c1)c1ccccn1. The number of hydrogen-bond donors (Lipinski definition) is 1. The van der Waals surface area contributed by atoms with Gasteiger partial charge in [0.05, 0.1) is 5.69 Å². The van der Waals surface area contributed by atoms with E-state index in [1.54, 1.807) is 24.4 Å². The van der Waals surface area contributed by atoms with E-state index >= 15 is 0 Å². The van der Waals surface area contributed by atoms with Gasteiger partial charge in [0.15, 0.2) is 0 Å². The van der Waals surface area contributed by atoms with Crippen LogP contribution in [-0.4, -0.2) is 15.9 Å². The number of carbonyl (C=O) groups is 1. The van der Waals surface area contributed by atoms with E-state index in [2.05, 4.69) is 50.0 Å². The summed E-state index contributed by atoms with van der Waals surface area (Å²) < 4.78 is 1.07. The predicted molar refractivity (Wildman–Crippen MR) is 112 cm³/mol. The zero-order valence-electron chi connectivity index (χ0n) is 13.7. The normalized spacial score (nSPS) is 10.7. The minimum absolute atomic E-state index is 0.233. The molecule has 4 aromatic rings. The highest BCUT2D eigenvalue weighted by atomic mass is 127. The van der Waals surface area contributed by atoms with E-state index in [1.807, 2.05) is 42.6 Å². The predicted octanol–water partition coefficient (Wildman–Crippen LogP) is 5.15. The molecule has 0 fully saturated rings. The fourth-order valence-electron chi connectivity index (χ4n) is 2.81. The van der Waals surface area contributed by atoms with Crippen LogP contribution >= 0.6 is 22.6 Å². The van der Waals surface area contributed by atoms with Crippen molar-refractivity contribution in [3.63, 3.8) is 0 Å². The molecule has 0 saturated carbocycles. The molecule has 2 aromatic heterocycles. The minimum atomic E-state index is -0.233. The zero-order valence-corrected chi connectivity index (χ0v) is 15.8. The van der Waals surface area contributed by atoms with Gasteiger partial charge in [0.25, 0.3) is 5.91 Å². The number of benzene rings is 2. The molecule has 0 aliphatic heterocycles. The molecule has 26 heavy (non-hydrogen) atoms. The molecule has 0 aliphatic carbocycles. The van der Waals surface area contributed by atoms with Crippen LogP contribution in [0.2, 0.25) is 0 Å². The summed E-state index contributed by atoms with van der Waals surface area (Å²) in [5.74, 6) is -0.233. The Morgan fingerprint density at radius 3 is 2.58 bits per heavy atom. The van der Waals surface area contributed by atoms with Crippen LogP contribution in [0.25, 0.3) is 22.0 Å². The quantitative estimate of drug-likeness (QED) is 0.439. The van der Waals surface area contributed by atoms with Crippen molar-refractivity contribution < 1.29 is 4.79 Å². The summed E-state index contributed by atoms with van der Waals surface area (Å²) in [6.45, 7) is 0. The van der Waals surface area contributed by atoms with E-state index in [1.165, 1.54) is 0 Å². The van der Waals surface area contributed by atoms with Gasteiger partial charge >= 0.3 is 0 Å². The molecule has 0 radical (unpaired) electrons. The summed E-state index contributed by atoms with van der Waals surface area (Å²) >= 11 is 2.29. The number of hydrogen-bond acceptors (Lipinski definition) is 3. The lowest BCUT2D eigenvalue weighted by Crippen LogP contribution is -2.13. The molecule has 4 nitrogen and oxygen atoms in total. The number of aromatic nitrogens is 2. The number of halogens is 1. The second-order valence-electron chi connectivity index (χ2n) is 5.74. The highest BCUT2D eigenvalue weighted by molar-refractivity contribution is 14.1. The molecule has 2 aromatic carbocycles. The van der Waals surface area contributed by atoms with Crippen molar-refractivity contribution in [3.05, 3.63) is 88.4 Å². The van der Waals surface area contributed by atoms with Crippen LogP contribution in [0.5, 0.6) is 0 Å². The first kappa shape index (κ1) is 16.7. The molecule has 126 valence electrons. The Morgan fingerprint density at radius 1 is 0.885 bits per heavy atom. The third-order valence-electron chi connectivity index (χ3n) is 4.05. The molecule has 5 heteroatoms. The van der Waals surface area contributed by atoms with Gasteiger partial charge in [0.2, 0.25) is 0 Å². The fourth-order valence-corrected chi connectivity index (χ4v) is 3.40. The third kappa shape index (κ3) is 3.30. The average Bonchev–Trinajstić information content (AvgIpc) is 2.70. The van der Waals surface area contributed by atoms with Crippen molar-refractivity contribution in [1.82, 2.24) is 9.97 Å². The van der Waals surface area contributed by atoms with Gasteiger partial charge in [-0.25, -0.2) is 0 Å². The van der Waals surface area contributed by atoms with Crippen LogP contribution in [0.1, 0.15) is 10.5 Å². The summed E-state index contributed by atoms with van der Waals surface area (Å²) in [4.78, 5) is 21.0. The fraction of sp³-hybridized carbons (Fsp3) is 0. The van der Waals surface area contributed by atoms with E-state index < -0.39 is 0 Å². The molecule has 0 spiro atoms. The second kappa shape index (κ2) is 7.21. The van der Waals surface area contributed by atoms with E-state index in [0.717, 1.165) is 25.6 Å². The number of anilines is 1. The molecule has 2 heterocycles. The van der Waals surface area contributed by atoms with Gasteiger partial charge in [-0.15, -0.1) is 0 Å². The average molecular weight is 451 g/mol. The van der Waals surface area contributed by atoms with Crippen molar-refractivity contribution >= 4 is 45.0 Å². The third-order valence-corrected chi connectivity index (χ3v) is 4.99. The molecule has 0 unspecified atom stereocenters. The summed E-state index contributed by atoms with van der Waals surface area (Å²) in [5.41, 5.74) is 2.99. The number of nitrogens with zero attached hydrogens (tertiary/aromatic N) is 2. The molecule has 0 aliphatic rings. The topological polar surface area (TPSA) is 54.9 Å². The molecule has 1 N–H and O–H groups in total. The van der Waals surface area contributed by atoms with Crippen LogP contribution < -0.4 is 5.32 Å². The maximum absolute atomic E-state index is 12.4. The van der Waals surface area contributed by atoms with Gasteiger partial charge in [0.1, 0.15) is 5.69 Å². The second-order valence-corrected chi connectivity index (χ2v) is 6.91. The number of carbonyl (C=O) groups excluding carboxylic acids is 1. The van der Waals surface area contributed by atoms with Gasteiger partial charge in [-0.2, -0.15) is 0 Å². The monoisotopic (exact) mass is 451 g/mol. The van der Waals surface area contributed by atoms with Crippen LogP contribution in [0.4, 0.5) is 5.69 Å². The number of rotatable bonds is 3. The van der Waals surface area contributed by atoms with Crippen LogP contribution in [0.3, 0.4) is 0 Å². The highest BCUT2D eigenvalue weighted by Crippen LogP contribution is 2.32. The smallest absolute Gasteiger partial charge is 0.274 e. The Morgan fingerprint density at radius 2 is 1.73 bits per heavy atom. The van der Waals surface area contributed by atoms with Crippen molar-refractivity contribution in [1.29, 1.82) is 0 Å². The maximum Gasteiger partial charge on any atom is 0.274 e. The van der Waals surface area contributed by atoms with Crippen molar-refractivity contribution in [2.45, 2.75) is 0 Å². The summed E-state index contributed by atoms with van der Waals surface area (Å²) in [6.07, 6.45) is 3.42. The molecule has 1 amide bonds.